The van der Waals surface area contributed by atoms with Crippen molar-refractivity contribution in [2.75, 3.05) is 12.0 Å². The first kappa shape index (κ1) is 23.8. The maximum atomic E-state index is 15.0. The summed E-state index contributed by atoms with van der Waals surface area (Å²) in [5.74, 6) is -1.95. The van der Waals surface area contributed by atoms with Gasteiger partial charge < -0.3 is 9.64 Å². The van der Waals surface area contributed by atoms with Gasteiger partial charge in [0.25, 0.3) is 0 Å². The number of hydrogen-bond acceptors (Lipinski definition) is 4. The molecule has 0 aliphatic rings. The average molecular weight is 451 g/mol. The van der Waals surface area contributed by atoms with E-state index in [2.05, 4.69) is 18.1 Å². The van der Waals surface area contributed by atoms with Crippen LogP contribution in [-0.2, 0) is 4.74 Å². The van der Waals surface area contributed by atoms with Crippen LogP contribution < -0.4 is 10.1 Å². The van der Waals surface area contributed by atoms with Crippen molar-refractivity contribution in [2.24, 2.45) is 0 Å². The Kier molecular flexibility index (Phi) is 6.89. The van der Waals surface area contributed by atoms with Crippen molar-refractivity contribution in [3.8, 4) is 11.3 Å². The summed E-state index contributed by atoms with van der Waals surface area (Å²) in [5.41, 5.74) is 1.20. The molecule has 0 amide bonds. The van der Waals surface area contributed by atoms with E-state index >= 15 is 4.39 Å². The fourth-order valence-corrected chi connectivity index (χ4v) is 4.71. The SMILES string of the molecule is C=C(C)N(C(=C)C)c1cc(-c2cc(F)c([Si](C)(C)C)cc2F)nc(C(=O)OC)c1Cl. The van der Waals surface area contributed by atoms with Crippen molar-refractivity contribution in [3.05, 3.63) is 65.1 Å². The maximum Gasteiger partial charge on any atom is 0.358 e. The molecule has 0 aliphatic carbocycles. The molecule has 0 unspecified atom stereocenters. The number of hydrogen-bond donors (Lipinski definition) is 0. The van der Waals surface area contributed by atoms with E-state index in [1.54, 1.807) is 18.7 Å². The van der Waals surface area contributed by atoms with Gasteiger partial charge in [-0.25, -0.2) is 18.6 Å². The predicted molar refractivity (Wildman–Crippen MR) is 121 cm³/mol. The van der Waals surface area contributed by atoms with Crippen LogP contribution in [0.25, 0.3) is 11.3 Å². The number of pyridine rings is 1. The Labute approximate surface area is 181 Å². The Hall–Kier alpha value is -2.51. The van der Waals surface area contributed by atoms with Crippen molar-refractivity contribution < 1.29 is 18.3 Å². The van der Waals surface area contributed by atoms with Crippen molar-refractivity contribution in [1.82, 2.24) is 4.98 Å². The fraction of sp³-hybridized carbons (Fsp3) is 0.273. The minimum absolute atomic E-state index is 0.00352. The first-order valence-electron chi connectivity index (χ1n) is 9.19. The highest BCUT2D eigenvalue weighted by Gasteiger charge is 2.27. The van der Waals surface area contributed by atoms with Crippen LogP contribution in [0.2, 0.25) is 24.7 Å². The Morgan fingerprint density at radius 2 is 1.67 bits per heavy atom. The predicted octanol–water partition coefficient (Wildman–Crippen LogP) is 5.89. The van der Waals surface area contributed by atoms with Gasteiger partial charge in [-0.05, 0) is 37.2 Å². The van der Waals surface area contributed by atoms with E-state index < -0.39 is 25.7 Å². The van der Waals surface area contributed by atoms with Gasteiger partial charge in [-0.2, -0.15) is 0 Å². The van der Waals surface area contributed by atoms with Gasteiger partial charge in [0.1, 0.15) is 11.6 Å². The van der Waals surface area contributed by atoms with E-state index in [4.69, 9.17) is 16.3 Å². The van der Waals surface area contributed by atoms with Crippen LogP contribution in [0.4, 0.5) is 14.5 Å². The first-order valence-corrected chi connectivity index (χ1v) is 13.1. The topological polar surface area (TPSA) is 42.4 Å². The number of nitrogens with zero attached hydrogens (tertiary/aromatic N) is 2. The Balaban J connectivity index is 2.86. The number of carbonyl (C=O) groups excluding carboxylic acids is 1. The number of methoxy groups -OCH3 is 1. The molecule has 2 rings (SSSR count). The third-order valence-corrected chi connectivity index (χ3v) is 6.83. The van der Waals surface area contributed by atoms with E-state index in [1.165, 1.54) is 19.2 Å². The quantitative estimate of drug-likeness (QED) is 0.406. The van der Waals surface area contributed by atoms with Crippen LogP contribution in [-0.4, -0.2) is 26.1 Å². The summed E-state index contributed by atoms with van der Waals surface area (Å²) in [4.78, 5) is 18.1. The molecular formula is C22H25ClF2N2O2Si. The molecule has 0 atom stereocenters. The van der Waals surface area contributed by atoms with Crippen LogP contribution in [0.3, 0.4) is 0 Å². The fourth-order valence-electron chi connectivity index (χ4n) is 3.10. The molecule has 1 aromatic heterocycles. The minimum Gasteiger partial charge on any atom is -0.464 e. The summed E-state index contributed by atoms with van der Waals surface area (Å²) in [6.45, 7) is 17.0. The Bertz CT molecular complexity index is 1030. The molecule has 0 saturated carbocycles. The van der Waals surface area contributed by atoms with Crippen LogP contribution in [0.15, 0.2) is 42.8 Å². The molecule has 0 aliphatic heterocycles. The number of benzene rings is 1. The molecule has 0 radical (unpaired) electrons. The monoisotopic (exact) mass is 450 g/mol. The summed E-state index contributed by atoms with van der Waals surface area (Å²) in [6, 6.07) is 3.79. The average Bonchev–Trinajstić information content (AvgIpc) is 2.62. The smallest absolute Gasteiger partial charge is 0.358 e. The number of carbonyl (C=O) groups is 1. The van der Waals surface area contributed by atoms with Gasteiger partial charge in [-0.1, -0.05) is 44.4 Å². The summed E-state index contributed by atoms with van der Waals surface area (Å²) in [5, 5.41) is 0.368. The third kappa shape index (κ3) is 4.62. The van der Waals surface area contributed by atoms with Gasteiger partial charge in [-0.15, -0.1) is 0 Å². The number of ether oxygens (including phenoxy) is 1. The zero-order chi connectivity index (χ0) is 23.0. The number of anilines is 1. The number of allylic oxidation sites excluding steroid dienone is 2. The second-order valence-corrected chi connectivity index (χ2v) is 13.5. The Morgan fingerprint density at radius 1 is 1.10 bits per heavy atom. The van der Waals surface area contributed by atoms with Gasteiger partial charge in [0.2, 0.25) is 0 Å². The molecular weight excluding hydrogens is 426 g/mol. The number of aromatic nitrogens is 1. The second-order valence-electron chi connectivity index (χ2n) is 8.05. The van der Waals surface area contributed by atoms with E-state index in [0.29, 0.717) is 22.3 Å². The van der Waals surface area contributed by atoms with Gasteiger partial charge in [0, 0.05) is 17.0 Å². The molecule has 1 aromatic carbocycles. The summed E-state index contributed by atoms with van der Waals surface area (Å²) in [7, 11) is -0.912. The highest BCUT2D eigenvalue weighted by molar-refractivity contribution is 6.88. The van der Waals surface area contributed by atoms with E-state index in [1.807, 2.05) is 19.6 Å². The van der Waals surface area contributed by atoms with Crippen molar-refractivity contribution in [1.29, 1.82) is 0 Å². The zero-order valence-electron chi connectivity index (χ0n) is 18.0. The van der Waals surface area contributed by atoms with Crippen molar-refractivity contribution in [3.63, 3.8) is 0 Å². The zero-order valence-corrected chi connectivity index (χ0v) is 19.7. The van der Waals surface area contributed by atoms with Crippen molar-refractivity contribution in [2.45, 2.75) is 33.5 Å². The first-order chi connectivity index (χ1) is 13.8. The third-order valence-electron chi connectivity index (χ3n) is 4.46. The molecule has 8 heteroatoms. The lowest BCUT2D eigenvalue weighted by molar-refractivity contribution is 0.0594. The largest absolute Gasteiger partial charge is 0.464 e. The molecule has 2 aromatic rings. The lowest BCUT2D eigenvalue weighted by Gasteiger charge is -2.27. The van der Waals surface area contributed by atoms with Crippen LogP contribution in [0.5, 0.6) is 0 Å². The molecule has 0 fully saturated rings. The number of esters is 1. The lowest BCUT2D eigenvalue weighted by Crippen LogP contribution is -2.40. The summed E-state index contributed by atoms with van der Waals surface area (Å²) in [6.07, 6.45) is 0. The van der Waals surface area contributed by atoms with Gasteiger partial charge >= 0.3 is 5.97 Å². The molecule has 1 heterocycles. The molecule has 0 saturated heterocycles. The van der Waals surface area contributed by atoms with E-state index in [-0.39, 0.29) is 22.0 Å². The molecule has 4 nitrogen and oxygen atoms in total. The highest BCUT2D eigenvalue weighted by Crippen LogP contribution is 2.37. The Morgan fingerprint density at radius 3 is 2.13 bits per heavy atom. The second kappa shape index (κ2) is 8.69. The van der Waals surface area contributed by atoms with E-state index in [0.717, 1.165) is 6.07 Å². The van der Waals surface area contributed by atoms with Gasteiger partial charge in [0.15, 0.2) is 5.69 Å². The number of rotatable bonds is 6. The summed E-state index contributed by atoms with van der Waals surface area (Å²) < 4.78 is 34.6. The van der Waals surface area contributed by atoms with Crippen LogP contribution in [0, 0.1) is 11.6 Å². The molecule has 30 heavy (non-hydrogen) atoms. The lowest BCUT2D eigenvalue weighted by atomic mass is 10.1. The normalized spacial score (nSPS) is 11.2. The maximum absolute atomic E-state index is 15.0. The molecule has 160 valence electrons. The highest BCUT2D eigenvalue weighted by atomic mass is 35.5. The van der Waals surface area contributed by atoms with Crippen LogP contribution >= 0.6 is 11.6 Å². The molecule has 0 bridgehead atoms. The number of halogens is 3. The van der Waals surface area contributed by atoms with Gasteiger partial charge in [0.05, 0.1) is 31.6 Å². The molecule has 0 N–H and O–H groups in total. The van der Waals surface area contributed by atoms with Crippen molar-refractivity contribution >= 4 is 36.5 Å². The minimum atomic E-state index is -2.10. The standard InChI is InChI=1S/C22H25ClF2N2O2Si/c1-12(2)27(13(3)4)18-11-17(26-21(20(18)23)22(28)29-5)14-9-16(25)19(10-15(14)24)30(6,7)8/h9-11H,1,3H2,2,4-8H3. The molecule has 0 spiro atoms. The van der Waals surface area contributed by atoms with Gasteiger partial charge in [-0.3, -0.25) is 0 Å². The van der Waals surface area contributed by atoms with Crippen LogP contribution in [0.1, 0.15) is 24.3 Å². The summed E-state index contributed by atoms with van der Waals surface area (Å²) >= 11 is 6.43. The van der Waals surface area contributed by atoms with E-state index in [9.17, 15) is 9.18 Å².